The van der Waals surface area contributed by atoms with E-state index in [1.807, 2.05) is 6.07 Å². The summed E-state index contributed by atoms with van der Waals surface area (Å²) < 4.78 is 7.83. The van der Waals surface area contributed by atoms with E-state index in [1.165, 1.54) is 4.90 Å². The summed E-state index contributed by atoms with van der Waals surface area (Å²) in [6, 6.07) is 1.37. The maximum absolute atomic E-state index is 11.9. The van der Waals surface area contributed by atoms with Crippen molar-refractivity contribution in [2.45, 2.75) is 6.42 Å². The van der Waals surface area contributed by atoms with Gasteiger partial charge >= 0.3 is 6.03 Å². The van der Waals surface area contributed by atoms with Crippen LogP contribution >= 0.6 is 15.9 Å². The number of halogens is 1. The molecule has 1 N–H and O–H groups in total. The van der Waals surface area contributed by atoms with Gasteiger partial charge in [0.05, 0.1) is 17.8 Å². The molecular weight excluding hydrogens is 328 g/mol. The number of hydrogen-bond acceptors (Lipinski definition) is 4. The van der Waals surface area contributed by atoms with Crippen LogP contribution in [0.25, 0.3) is 5.65 Å². The normalized spacial score (nSPS) is 15.6. The number of amides is 3. The van der Waals surface area contributed by atoms with Gasteiger partial charge in [0.25, 0.3) is 0 Å². The third kappa shape index (κ3) is 1.92. The third-order valence-corrected chi connectivity index (χ3v) is 3.73. The number of anilines is 1. The number of hydrogen-bond donors (Lipinski definition) is 1. The average molecular weight is 339 g/mol. The summed E-state index contributed by atoms with van der Waals surface area (Å²) in [6.45, 7) is 0.330. The standard InChI is InChI=1S/C12H11BrN4O3/c1-20-10-7(13)2-4-16-9(6-14-11(10)16)17-5-3-8(18)15-12(17)19/h2,4,6H,3,5H2,1H3,(H,15,18,19). The zero-order valence-corrected chi connectivity index (χ0v) is 12.2. The Balaban J connectivity index is 2.09. The number of imidazole rings is 1. The number of rotatable bonds is 2. The Kier molecular flexibility index (Phi) is 3.09. The lowest BCUT2D eigenvalue weighted by Gasteiger charge is -2.25. The Bertz CT molecular complexity index is 712. The lowest BCUT2D eigenvalue weighted by molar-refractivity contribution is -0.120. The number of nitrogens with zero attached hydrogens (tertiary/aromatic N) is 3. The van der Waals surface area contributed by atoms with E-state index in [2.05, 4.69) is 26.2 Å². The lowest BCUT2D eigenvalue weighted by Crippen LogP contribution is -2.50. The van der Waals surface area contributed by atoms with Crippen LogP contribution in [0.1, 0.15) is 6.42 Å². The van der Waals surface area contributed by atoms with Crippen LogP contribution in [0.3, 0.4) is 0 Å². The molecule has 0 spiro atoms. The zero-order chi connectivity index (χ0) is 14.3. The molecule has 3 rings (SSSR count). The van der Waals surface area contributed by atoms with Gasteiger partial charge in [0, 0.05) is 19.2 Å². The topological polar surface area (TPSA) is 75.9 Å². The fourth-order valence-corrected chi connectivity index (χ4v) is 2.62. The van der Waals surface area contributed by atoms with Crippen LogP contribution in [0, 0.1) is 0 Å². The van der Waals surface area contributed by atoms with E-state index in [0.717, 1.165) is 4.47 Å². The second-order valence-electron chi connectivity index (χ2n) is 4.26. The van der Waals surface area contributed by atoms with Crippen LogP contribution in [0.2, 0.25) is 0 Å². The number of nitrogens with one attached hydrogen (secondary N) is 1. The quantitative estimate of drug-likeness (QED) is 0.901. The highest BCUT2D eigenvalue weighted by Gasteiger charge is 2.27. The molecule has 7 nitrogen and oxygen atoms in total. The van der Waals surface area contributed by atoms with Gasteiger partial charge in [-0.25, -0.2) is 9.78 Å². The number of carbonyl (C=O) groups excluding carboxylic acids is 2. The van der Waals surface area contributed by atoms with Gasteiger partial charge in [0.15, 0.2) is 11.4 Å². The maximum Gasteiger partial charge on any atom is 0.329 e. The van der Waals surface area contributed by atoms with Crippen molar-refractivity contribution < 1.29 is 14.3 Å². The van der Waals surface area contributed by atoms with E-state index in [4.69, 9.17) is 4.74 Å². The number of carbonyl (C=O) groups is 2. The van der Waals surface area contributed by atoms with Crippen LogP contribution in [-0.4, -0.2) is 35.0 Å². The largest absolute Gasteiger partial charge is 0.492 e. The van der Waals surface area contributed by atoms with E-state index >= 15 is 0 Å². The summed E-state index contributed by atoms with van der Waals surface area (Å²) in [5.41, 5.74) is 0.599. The molecule has 0 aliphatic carbocycles. The molecule has 3 heterocycles. The second kappa shape index (κ2) is 4.78. The molecule has 8 heteroatoms. The molecule has 3 amide bonds. The monoisotopic (exact) mass is 338 g/mol. The predicted octanol–water partition coefficient (Wildman–Crippen LogP) is 1.55. The molecule has 104 valence electrons. The smallest absolute Gasteiger partial charge is 0.329 e. The van der Waals surface area contributed by atoms with Crippen molar-refractivity contribution in [1.29, 1.82) is 0 Å². The van der Waals surface area contributed by atoms with Crippen LogP contribution in [0.4, 0.5) is 10.6 Å². The van der Waals surface area contributed by atoms with Crippen molar-refractivity contribution in [3.63, 3.8) is 0 Å². The van der Waals surface area contributed by atoms with Gasteiger partial charge in [-0.05, 0) is 22.0 Å². The number of aromatic nitrogens is 2. The molecule has 1 aliphatic rings. The van der Waals surface area contributed by atoms with Crippen LogP contribution in [0.5, 0.6) is 5.75 Å². The van der Waals surface area contributed by atoms with Gasteiger partial charge in [-0.3, -0.25) is 19.4 Å². The van der Waals surface area contributed by atoms with E-state index < -0.39 is 6.03 Å². The number of methoxy groups -OCH3 is 1. The first-order valence-electron chi connectivity index (χ1n) is 5.92. The van der Waals surface area contributed by atoms with Crippen molar-refractivity contribution >= 4 is 39.3 Å². The summed E-state index contributed by atoms with van der Waals surface area (Å²) in [5, 5.41) is 2.29. The summed E-state index contributed by atoms with van der Waals surface area (Å²) in [7, 11) is 1.56. The van der Waals surface area contributed by atoms with Gasteiger partial charge in [0.1, 0.15) is 5.82 Å². The summed E-state index contributed by atoms with van der Waals surface area (Å²) in [5.74, 6) is 0.920. The van der Waals surface area contributed by atoms with Gasteiger partial charge in [-0.1, -0.05) is 0 Å². The van der Waals surface area contributed by atoms with Crippen molar-refractivity contribution in [2.24, 2.45) is 0 Å². The van der Waals surface area contributed by atoms with Gasteiger partial charge in [0.2, 0.25) is 5.91 Å². The molecule has 0 bridgehead atoms. The molecule has 2 aromatic heterocycles. The zero-order valence-electron chi connectivity index (χ0n) is 10.6. The van der Waals surface area contributed by atoms with Gasteiger partial charge in [-0.15, -0.1) is 0 Å². The maximum atomic E-state index is 11.9. The van der Waals surface area contributed by atoms with E-state index in [-0.39, 0.29) is 12.3 Å². The van der Waals surface area contributed by atoms with E-state index in [9.17, 15) is 9.59 Å². The van der Waals surface area contributed by atoms with Crippen molar-refractivity contribution in [3.05, 3.63) is 22.9 Å². The molecular formula is C12H11BrN4O3. The molecule has 0 radical (unpaired) electrons. The highest BCUT2D eigenvalue weighted by atomic mass is 79.9. The highest BCUT2D eigenvalue weighted by Crippen LogP contribution is 2.31. The SMILES string of the molecule is COc1c(Br)ccn2c(N3CCC(=O)NC3=O)cnc12. The van der Waals surface area contributed by atoms with Crippen molar-refractivity contribution in [1.82, 2.24) is 14.7 Å². The summed E-state index contributed by atoms with van der Waals surface area (Å²) >= 11 is 3.39. The molecule has 0 atom stereocenters. The van der Waals surface area contributed by atoms with Crippen LogP contribution in [0.15, 0.2) is 22.9 Å². The number of pyridine rings is 1. The molecule has 0 saturated carbocycles. The minimum absolute atomic E-state index is 0.264. The number of fused-ring (bicyclic) bond motifs is 1. The first kappa shape index (κ1) is 12.9. The first-order chi connectivity index (χ1) is 9.61. The Morgan fingerprint density at radius 3 is 2.95 bits per heavy atom. The fraction of sp³-hybridized carbons (Fsp3) is 0.250. The van der Waals surface area contributed by atoms with Crippen molar-refractivity contribution in [3.8, 4) is 5.75 Å². The molecule has 1 saturated heterocycles. The Morgan fingerprint density at radius 2 is 2.25 bits per heavy atom. The first-order valence-corrected chi connectivity index (χ1v) is 6.72. The Morgan fingerprint density at radius 1 is 1.45 bits per heavy atom. The molecule has 1 aliphatic heterocycles. The number of urea groups is 1. The van der Waals surface area contributed by atoms with Gasteiger partial charge in [-0.2, -0.15) is 0 Å². The molecule has 0 unspecified atom stereocenters. The molecule has 0 aromatic carbocycles. The third-order valence-electron chi connectivity index (χ3n) is 3.10. The minimum Gasteiger partial charge on any atom is -0.492 e. The number of ether oxygens (including phenoxy) is 1. The number of imide groups is 1. The minimum atomic E-state index is -0.440. The van der Waals surface area contributed by atoms with Crippen LogP contribution in [-0.2, 0) is 4.79 Å². The van der Waals surface area contributed by atoms with Crippen molar-refractivity contribution in [2.75, 3.05) is 18.6 Å². The summed E-state index contributed by atoms with van der Waals surface area (Å²) in [4.78, 5) is 28.8. The predicted molar refractivity (Wildman–Crippen MR) is 74.9 cm³/mol. The molecule has 2 aromatic rings. The van der Waals surface area contributed by atoms with E-state index in [0.29, 0.717) is 23.8 Å². The fourth-order valence-electron chi connectivity index (χ4n) is 2.16. The summed E-state index contributed by atoms with van der Waals surface area (Å²) in [6.07, 6.45) is 3.64. The van der Waals surface area contributed by atoms with Gasteiger partial charge < -0.3 is 4.74 Å². The van der Waals surface area contributed by atoms with Crippen LogP contribution < -0.4 is 15.0 Å². The molecule has 1 fully saturated rings. The lowest BCUT2D eigenvalue weighted by atomic mass is 10.3. The Labute approximate surface area is 122 Å². The highest BCUT2D eigenvalue weighted by molar-refractivity contribution is 9.10. The Hall–Kier alpha value is -2.09. The second-order valence-corrected chi connectivity index (χ2v) is 5.12. The van der Waals surface area contributed by atoms with E-state index in [1.54, 1.807) is 23.9 Å². The molecule has 20 heavy (non-hydrogen) atoms. The average Bonchev–Trinajstić information content (AvgIpc) is 2.82.